The second kappa shape index (κ2) is 6.21. The number of halogens is 1. The van der Waals surface area contributed by atoms with E-state index in [4.69, 9.17) is 0 Å². The second-order valence-corrected chi connectivity index (χ2v) is 5.34. The maximum atomic E-state index is 13.2. The molecule has 1 N–H and O–H groups in total. The van der Waals surface area contributed by atoms with Crippen molar-refractivity contribution in [2.24, 2.45) is 0 Å². The summed E-state index contributed by atoms with van der Waals surface area (Å²) in [4.78, 5) is 6.53. The quantitative estimate of drug-likeness (QED) is 0.892. The van der Waals surface area contributed by atoms with Gasteiger partial charge in [-0.2, -0.15) is 11.8 Å². The van der Waals surface area contributed by atoms with Crippen LogP contribution in [0.4, 0.5) is 10.2 Å². The van der Waals surface area contributed by atoms with E-state index in [1.165, 1.54) is 18.4 Å². The Labute approximate surface area is 106 Å². The molecule has 0 spiro atoms. The number of hydrogen-bond acceptors (Lipinski definition) is 4. The van der Waals surface area contributed by atoms with Gasteiger partial charge >= 0.3 is 0 Å². The highest BCUT2D eigenvalue weighted by molar-refractivity contribution is 7.99. The monoisotopic (exact) mass is 255 g/mol. The SMILES string of the molecule is CNCc1cc(F)cnc1N1CCCSCC1. The number of nitrogens with zero attached hydrogens (tertiary/aromatic N) is 2. The number of anilines is 1. The standard InChI is InChI=1S/C12H18FN3S/c1-14-8-10-7-11(13)9-15-12(10)16-3-2-5-17-6-4-16/h7,9,14H,2-6,8H2,1H3. The minimum Gasteiger partial charge on any atom is -0.355 e. The van der Waals surface area contributed by atoms with Crippen LogP contribution in [0.5, 0.6) is 0 Å². The van der Waals surface area contributed by atoms with Crippen molar-refractivity contribution in [1.82, 2.24) is 10.3 Å². The van der Waals surface area contributed by atoms with Crippen molar-refractivity contribution in [3.63, 3.8) is 0 Å². The predicted molar refractivity (Wildman–Crippen MR) is 71.1 cm³/mol. The molecule has 1 aromatic rings. The molecule has 0 saturated carbocycles. The average molecular weight is 255 g/mol. The van der Waals surface area contributed by atoms with Crippen molar-refractivity contribution < 1.29 is 4.39 Å². The molecular formula is C12H18FN3S. The zero-order valence-electron chi connectivity index (χ0n) is 10.1. The summed E-state index contributed by atoms with van der Waals surface area (Å²) in [6.07, 6.45) is 2.48. The molecule has 2 rings (SSSR count). The van der Waals surface area contributed by atoms with Gasteiger partial charge in [-0.3, -0.25) is 0 Å². The Bertz CT molecular complexity index is 365. The van der Waals surface area contributed by atoms with Gasteiger partial charge in [0.25, 0.3) is 0 Å². The fourth-order valence-corrected chi connectivity index (χ4v) is 2.92. The first-order valence-electron chi connectivity index (χ1n) is 5.93. The minimum absolute atomic E-state index is 0.261. The molecule has 17 heavy (non-hydrogen) atoms. The Balaban J connectivity index is 2.22. The zero-order chi connectivity index (χ0) is 12.1. The lowest BCUT2D eigenvalue weighted by Gasteiger charge is -2.23. The van der Waals surface area contributed by atoms with Gasteiger partial charge in [-0.15, -0.1) is 0 Å². The van der Waals surface area contributed by atoms with Gasteiger partial charge in [-0.1, -0.05) is 0 Å². The molecule has 2 heterocycles. The van der Waals surface area contributed by atoms with Crippen molar-refractivity contribution >= 4 is 17.6 Å². The number of hydrogen-bond donors (Lipinski definition) is 1. The van der Waals surface area contributed by atoms with Gasteiger partial charge in [0.05, 0.1) is 6.20 Å². The third-order valence-corrected chi connectivity index (χ3v) is 3.85. The summed E-state index contributed by atoms with van der Waals surface area (Å²) in [6.45, 7) is 2.67. The third kappa shape index (κ3) is 3.33. The molecule has 1 aliphatic heterocycles. The number of rotatable bonds is 3. The van der Waals surface area contributed by atoms with Crippen molar-refractivity contribution in [2.45, 2.75) is 13.0 Å². The van der Waals surface area contributed by atoms with E-state index in [2.05, 4.69) is 15.2 Å². The Morgan fingerprint density at radius 1 is 1.47 bits per heavy atom. The van der Waals surface area contributed by atoms with E-state index < -0.39 is 0 Å². The molecule has 5 heteroatoms. The number of nitrogens with one attached hydrogen (secondary N) is 1. The van der Waals surface area contributed by atoms with Gasteiger partial charge < -0.3 is 10.2 Å². The highest BCUT2D eigenvalue weighted by Crippen LogP contribution is 2.21. The third-order valence-electron chi connectivity index (χ3n) is 2.80. The van der Waals surface area contributed by atoms with Crippen LogP contribution in [-0.4, -0.2) is 36.6 Å². The van der Waals surface area contributed by atoms with Gasteiger partial charge in [0.2, 0.25) is 0 Å². The largest absolute Gasteiger partial charge is 0.355 e. The Morgan fingerprint density at radius 2 is 2.35 bits per heavy atom. The summed E-state index contributed by atoms with van der Waals surface area (Å²) in [5, 5.41) is 3.07. The summed E-state index contributed by atoms with van der Waals surface area (Å²) in [5.41, 5.74) is 0.944. The molecular weight excluding hydrogens is 237 g/mol. The normalized spacial score (nSPS) is 16.9. The molecule has 0 aliphatic carbocycles. The second-order valence-electron chi connectivity index (χ2n) is 4.12. The fraction of sp³-hybridized carbons (Fsp3) is 0.583. The molecule has 1 saturated heterocycles. The van der Waals surface area contributed by atoms with Crippen LogP contribution in [-0.2, 0) is 6.54 Å². The molecule has 0 aromatic carbocycles. The smallest absolute Gasteiger partial charge is 0.141 e. The van der Waals surface area contributed by atoms with Crippen molar-refractivity contribution in [1.29, 1.82) is 0 Å². The summed E-state index contributed by atoms with van der Waals surface area (Å²) < 4.78 is 13.2. The van der Waals surface area contributed by atoms with Crippen LogP contribution < -0.4 is 10.2 Å². The molecule has 0 radical (unpaired) electrons. The van der Waals surface area contributed by atoms with E-state index in [-0.39, 0.29) is 5.82 Å². The van der Waals surface area contributed by atoms with E-state index in [0.717, 1.165) is 30.2 Å². The van der Waals surface area contributed by atoms with Gasteiger partial charge in [-0.25, -0.2) is 9.37 Å². The summed E-state index contributed by atoms with van der Waals surface area (Å²) in [6, 6.07) is 1.58. The molecule has 1 aliphatic rings. The van der Waals surface area contributed by atoms with Gasteiger partial charge in [0.1, 0.15) is 11.6 Å². The maximum absolute atomic E-state index is 13.2. The summed E-state index contributed by atoms with van der Waals surface area (Å²) in [7, 11) is 1.87. The summed E-state index contributed by atoms with van der Waals surface area (Å²) in [5.74, 6) is 3.00. The van der Waals surface area contributed by atoms with Crippen LogP contribution in [0.2, 0.25) is 0 Å². The maximum Gasteiger partial charge on any atom is 0.141 e. The molecule has 0 amide bonds. The molecule has 1 aromatic heterocycles. The first kappa shape index (κ1) is 12.6. The highest BCUT2D eigenvalue weighted by atomic mass is 32.2. The Kier molecular flexibility index (Phi) is 4.62. The van der Waals surface area contributed by atoms with Crippen molar-refractivity contribution in [3.05, 3.63) is 23.6 Å². The summed E-state index contributed by atoms with van der Waals surface area (Å²) >= 11 is 1.98. The number of aromatic nitrogens is 1. The van der Waals surface area contributed by atoms with E-state index >= 15 is 0 Å². The predicted octanol–water partition coefficient (Wildman–Crippen LogP) is 1.88. The van der Waals surface area contributed by atoms with E-state index in [0.29, 0.717) is 6.54 Å². The van der Waals surface area contributed by atoms with Crippen LogP contribution in [0.3, 0.4) is 0 Å². The van der Waals surface area contributed by atoms with Gasteiger partial charge in [-0.05, 0) is 25.3 Å². The molecule has 0 bridgehead atoms. The lowest BCUT2D eigenvalue weighted by Crippen LogP contribution is -2.28. The number of thioether (sulfide) groups is 1. The molecule has 94 valence electrons. The number of pyridine rings is 1. The molecule has 0 atom stereocenters. The lowest BCUT2D eigenvalue weighted by molar-refractivity contribution is 0.614. The van der Waals surface area contributed by atoms with Crippen LogP contribution in [0, 0.1) is 5.82 Å². The van der Waals surface area contributed by atoms with E-state index in [9.17, 15) is 4.39 Å². The first-order valence-corrected chi connectivity index (χ1v) is 7.08. The van der Waals surface area contributed by atoms with Crippen molar-refractivity contribution in [2.75, 3.05) is 36.5 Å². The molecule has 1 fully saturated rings. The molecule has 3 nitrogen and oxygen atoms in total. The van der Waals surface area contributed by atoms with Gasteiger partial charge in [0.15, 0.2) is 0 Å². The van der Waals surface area contributed by atoms with Crippen molar-refractivity contribution in [3.8, 4) is 0 Å². The Hall–Kier alpha value is -0.810. The van der Waals surface area contributed by atoms with Crippen LogP contribution in [0.1, 0.15) is 12.0 Å². The van der Waals surface area contributed by atoms with Crippen LogP contribution in [0.15, 0.2) is 12.3 Å². The minimum atomic E-state index is -0.261. The zero-order valence-corrected chi connectivity index (χ0v) is 10.9. The first-order chi connectivity index (χ1) is 8.31. The van der Waals surface area contributed by atoms with Gasteiger partial charge in [0, 0.05) is 31.0 Å². The average Bonchev–Trinajstić information content (AvgIpc) is 2.58. The Morgan fingerprint density at radius 3 is 3.18 bits per heavy atom. The highest BCUT2D eigenvalue weighted by Gasteiger charge is 2.15. The van der Waals surface area contributed by atoms with E-state index in [1.807, 2.05) is 18.8 Å². The molecule has 0 unspecified atom stereocenters. The van der Waals surface area contributed by atoms with E-state index in [1.54, 1.807) is 6.07 Å². The lowest BCUT2D eigenvalue weighted by atomic mass is 10.2. The topological polar surface area (TPSA) is 28.2 Å². The fourth-order valence-electron chi connectivity index (χ4n) is 2.04. The van der Waals surface area contributed by atoms with Crippen LogP contribution >= 0.6 is 11.8 Å². The van der Waals surface area contributed by atoms with Crippen LogP contribution in [0.25, 0.3) is 0 Å².